The van der Waals surface area contributed by atoms with Crippen molar-refractivity contribution in [2.24, 2.45) is 11.5 Å². The maximum absolute atomic E-state index is 11.2. The molecule has 1 unspecified atom stereocenters. The van der Waals surface area contributed by atoms with E-state index in [0.717, 1.165) is 6.42 Å². The highest BCUT2D eigenvalue weighted by Gasteiger charge is 2.23. The molecule has 7 heteroatoms. The molecule has 0 aliphatic carbocycles. The number of unbranched alkanes of at least 4 members (excludes halogenated alkanes) is 1. The normalized spacial score (nSPS) is 14.2. The van der Waals surface area contributed by atoms with Gasteiger partial charge in [0.15, 0.2) is 6.10 Å². The van der Waals surface area contributed by atoms with Crippen LogP contribution in [-0.4, -0.2) is 47.4 Å². The Labute approximate surface area is 93.4 Å². The molecular weight excluding hydrogens is 216 g/mol. The summed E-state index contributed by atoms with van der Waals surface area (Å²) >= 11 is 0. The largest absolute Gasteiger partial charge is 0.393 e. The Balaban J connectivity index is 3.91. The molecule has 0 spiro atoms. The van der Waals surface area contributed by atoms with Crippen molar-refractivity contribution in [1.82, 2.24) is 0 Å². The van der Waals surface area contributed by atoms with Crippen molar-refractivity contribution < 1.29 is 24.5 Å². The Hall–Kier alpha value is -1.02. The van der Waals surface area contributed by atoms with Crippen LogP contribution in [0, 0.1) is 0 Å². The molecule has 0 bridgehead atoms. The summed E-state index contributed by atoms with van der Waals surface area (Å²) in [5, 5.41) is 17.3. The molecule has 0 aromatic heterocycles. The van der Waals surface area contributed by atoms with Gasteiger partial charge in [-0.3, -0.25) is 0 Å². The second kappa shape index (κ2) is 8.17. The molecule has 0 amide bonds. The SMILES string of the molecule is NCCCC[C@H](N)C(=O)OC(=O)C(O)CO. The van der Waals surface area contributed by atoms with Crippen LogP contribution < -0.4 is 11.5 Å². The molecule has 0 aromatic carbocycles. The van der Waals surface area contributed by atoms with Crippen LogP contribution >= 0.6 is 0 Å². The number of aliphatic hydroxyl groups is 2. The molecule has 7 nitrogen and oxygen atoms in total. The second-order valence-electron chi connectivity index (χ2n) is 3.33. The van der Waals surface area contributed by atoms with Crippen molar-refractivity contribution in [3.8, 4) is 0 Å². The van der Waals surface area contributed by atoms with Crippen LogP contribution in [-0.2, 0) is 14.3 Å². The minimum Gasteiger partial charge on any atom is -0.393 e. The van der Waals surface area contributed by atoms with E-state index in [4.69, 9.17) is 21.7 Å². The van der Waals surface area contributed by atoms with E-state index < -0.39 is 30.7 Å². The van der Waals surface area contributed by atoms with E-state index in [1.54, 1.807) is 0 Å². The Morgan fingerprint density at radius 3 is 2.38 bits per heavy atom. The summed E-state index contributed by atoms with van der Waals surface area (Å²) in [5.41, 5.74) is 10.7. The number of ether oxygens (including phenoxy) is 1. The van der Waals surface area contributed by atoms with E-state index in [1.807, 2.05) is 0 Å². The maximum atomic E-state index is 11.2. The first-order chi connectivity index (χ1) is 7.52. The average Bonchev–Trinajstić information content (AvgIpc) is 2.27. The van der Waals surface area contributed by atoms with E-state index in [9.17, 15) is 9.59 Å². The number of rotatable bonds is 7. The molecule has 0 aromatic rings. The third-order valence-electron chi connectivity index (χ3n) is 1.92. The minimum absolute atomic E-state index is 0.360. The topological polar surface area (TPSA) is 136 Å². The van der Waals surface area contributed by atoms with Gasteiger partial charge in [0.1, 0.15) is 6.04 Å². The monoisotopic (exact) mass is 234 g/mol. The van der Waals surface area contributed by atoms with Crippen LogP contribution in [0.5, 0.6) is 0 Å². The van der Waals surface area contributed by atoms with Crippen molar-refractivity contribution in [1.29, 1.82) is 0 Å². The quantitative estimate of drug-likeness (QED) is 0.224. The summed E-state index contributed by atoms with van der Waals surface area (Å²) in [7, 11) is 0. The molecular formula is C9H18N2O5. The van der Waals surface area contributed by atoms with Gasteiger partial charge in [-0.15, -0.1) is 0 Å². The van der Waals surface area contributed by atoms with Crippen molar-refractivity contribution in [2.45, 2.75) is 31.4 Å². The van der Waals surface area contributed by atoms with Crippen molar-refractivity contribution >= 4 is 11.9 Å². The number of carbonyl (C=O) groups excluding carboxylic acids is 2. The number of aliphatic hydroxyl groups excluding tert-OH is 2. The van der Waals surface area contributed by atoms with Gasteiger partial charge in [0, 0.05) is 0 Å². The molecule has 0 aliphatic rings. The van der Waals surface area contributed by atoms with E-state index >= 15 is 0 Å². The fourth-order valence-electron chi connectivity index (χ4n) is 0.944. The number of hydrogen-bond acceptors (Lipinski definition) is 7. The molecule has 0 heterocycles. The van der Waals surface area contributed by atoms with Gasteiger partial charge in [-0.25, -0.2) is 9.59 Å². The fraction of sp³-hybridized carbons (Fsp3) is 0.778. The Morgan fingerprint density at radius 2 is 1.88 bits per heavy atom. The van der Waals surface area contributed by atoms with Crippen molar-refractivity contribution in [2.75, 3.05) is 13.2 Å². The summed E-state index contributed by atoms with van der Waals surface area (Å²) in [6.45, 7) is -0.293. The van der Waals surface area contributed by atoms with Gasteiger partial charge >= 0.3 is 11.9 Å². The summed E-state index contributed by atoms with van der Waals surface area (Å²) < 4.78 is 4.25. The molecule has 0 saturated heterocycles. The highest BCUT2D eigenvalue weighted by Crippen LogP contribution is 2.01. The van der Waals surface area contributed by atoms with Gasteiger partial charge < -0.3 is 26.4 Å². The van der Waals surface area contributed by atoms with E-state index in [0.29, 0.717) is 19.4 Å². The molecule has 0 aliphatic heterocycles. The first-order valence-electron chi connectivity index (χ1n) is 5.03. The lowest BCUT2D eigenvalue weighted by Gasteiger charge is -2.11. The van der Waals surface area contributed by atoms with Gasteiger partial charge in [0.2, 0.25) is 0 Å². The Kier molecular flexibility index (Phi) is 7.65. The maximum Gasteiger partial charge on any atom is 0.345 e. The number of nitrogens with two attached hydrogens (primary N) is 2. The standard InChI is InChI=1S/C9H18N2O5/c10-4-2-1-3-6(11)8(14)16-9(15)7(13)5-12/h6-7,12-13H,1-5,10-11H2/t6-,7?/m0/s1. The van der Waals surface area contributed by atoms with Gasteiger partial charge in [-0.05, 0) is 19.4 Å². The van der Waals surface area contributed by atoms with Crippen LogP contribution in [0.3, 0.4) is 0 Å². The van der Waals surface area contributed by atoms with Gasteiger partial charge in [0.25, 0.3) is 0 Å². The van der Waals surface area contributed by atoms with Crippen molar-refractivity contribution in [3.63, 3.8) is 0 Å². The zero-order chi connectivity index (χ0) is 12.6. The van der Waals surface area contributed by atoms with Crippen LogP contribution in [0.2, 0.25) is 0 Å². The van der Waals surface area contributed by atoms with Crippen LogP contribution in [0.15, 0.2) is 0 Å². The minimum atomic E-state index is -1.71. The molecule has 94 valence electrons. The molecule has 0 saturated carbocycles. The molecule has 16 heavy (non-hydrogen) atoms. The number of hydrogen-bond donors (Lipinski definition) is 4. The predicted octanol–water partition coefficient (Wildman–Crippen LogP) is -2.13. The summed E-state index contributed by atoms with van der Waals surface area (Å²) in [4.78, 5) is 22.1. The van der Waals surface area contributed by atoms with Gasteiger partial charge in [-0.2, -0.15) is 0 Å². The lowest BCUT2D eigenvalue weighted by atomic mass is 10.1. The molecule has 2 atom stereocenters. The van der Waals surface area contributed by atoms with E-state index in [-0.39, 0.29) is 0 Å². The summed E-state index contributed by atoms with van der Waals surface area (Å²) in [5.74, 6) is -2.10. The Bertz CT molecular complexity index is 234. The third-order valence-corrected chi connectivity index (χ3v) is 1.92. The third kappa shape index (κ3) is 5.76. The highest BCUT2D eigenvalue weighted by atomic mass is 16.6. The highest BCUT2D eigenvalue weighted by molar-refractivity contribution is 5.90. The molecule has 6 N–H and O–H groups in total. The van der Waals surface area contributed by atoms with E-state index in [1.165, 1.54) is 0 Å². The zero-order valence-corrected chi connectivity index (χ0v) is 8.96. The number of esters is 2. The Morgan fingerprint density at radius 1 is 1.25 bits per heavy atom. The smallest absolute Gasteiger partial charge is 0.345 e. The summed E-state index contributed by atoms with van der Waals surface area (Å²) in [6, 6.07) is -0.915. The molecule has 0 rings (SSSR count). The lowest BCUT2D eigenvalue weighted by molar-refractivity contribution is -0.168. The van der Waals surface area contributed by atoms with Crippen LogP contribution in [0.25, 0.3) is 0 Å². The number of carbonyl (C=O) groups is 2. The molecule has 0 radical (unpaired) electrons. The second-order valence-corrected chi connectivity index (χ2v) is 3.33. The first-order valence-corrected chi connectivity index (χ1v) is 5.03. The van der Waals surface area contributed by atoms with E-state index in [2.05, 4.69) is 4.74 Å². The zero-order valence-electron chi connectivity index (χ0n) is 8.96. The summed E-state index contributed by atoms with van der Waals surface area (Å²) in [6.07, 6.45) is 0.0381. The van der Waals surface area contributed by atoms with Gasteiger partial charge in [0.05, 0.1) is 6.61 Å². The fourth-order valence-corrected chi connectivity index (χ4v) is 0.944. The first kappa shape index (κ1) is 15.0. The predicted molar refractivity (Wildman–Crippen MR) is 55.1 cm³/mol. The average molecular weight is 234 g/mol. The molecule has 0 fully saturated rings. The van der Waals surface area contributed by atoms with Crippen molar-refractivity contribution in [3.05, 3.63) is 0 Å². The van der Waals surface area contributed by atoms with Crippen LogP contribution in [0.4, 0.5) is 0 Å². The van der Waals surface area contributed by atoms with Gasteiger partial charge in [-0.1, -0.05) is 6.42 Å². The lowest BCUT2D eigenvalue weighted by Crippen LogP contribution is -2.37. The van der Waals surface area contributed by atoms with Crippen LogP contribution in [0.1, 0.15) is 19.3 Å².